The van der Waals surface area contributed by atoms with E-state index in [1.54, 1.807) is 12.1 Å². The number of halogens is 2. The second-order valence-corrected chi connectivity index (χ2v) is 6.57. The number of benzene rings is 1. The molecule has 1 unspecified atom stereocenters. The average molecular weight is 380 g/mol. The molecule has 1 amide bonds. The van der Waals surface area contributed by atoms with Crippen molar-refractivity contribution < 1.29 is 9.59 Å². The van der Waals surface area contributed by atoms with E-state index in [2.05, 4.69) is 21.2 Å². The van der Waals surface area contributed by atoms with Crippen LogP contribution in [-0.2, 0) is 12.1 Å². The summed E-state index contributed by atoms with van der Waals surface area (Å²) in [5.74, 6) is -0.817. The number of hydrogen-bond acceptors (Lipinski definition) is 3. The minimum atomic E-state index is -1.42. The van der Waals surface area contributed by atoms with Crippen LogP contribution in [0.15, 0.2) is 39.6 Å². The van der Waals surface area contributed by atoms with Crippen molar-refractivity contribution in [3.63, 3.8) is 0 Å². The predicted octanol–water partition coefficient (Wildman–Crippen LogP) is 2.10. The first-order valence-electron chi connectivity index (χ1n) is 6.52. The van der Waals surface area contributed by atoms with Crippen molar-refractivity contribution in [3.05, 3.63) is 67.0 Å². The van der Waals surface area contributed by atoms with Crippen LogP contribution in [0.25, 0.3) is 0 Å². The molecule has 1 aliphatic heterocycles. The van der Waals surface area contributed by atoms with Crippen LogP contribution in [0.3, 0.4) is 0 Å². The van der Waals surface area contributed by atoms with Gasteiger partial charge in [-0.25, -0.2) is 0 Å². The molecule has 2 aromatic rings. The predicted molar refractivity (Wildman–Crippen MR) is 83.3 cm³/mol. The number of fused-ring (bicyclic) bond motifs is 3. The van der Waals surface area contributed by atoms with Crippen molar-refractivity contribution in [3.8, 4) is 0 Å². The number of carbonyl (C=O) groups excluding carboxylic acids is 2. The number of Topliss-reactive ketones (excluding diaryl/α,β-unsaturated/α-hetero) is 1. The molecular weight excluding hydrogens is 372 g/mol. The van der Waals surface area contributed by atoms with Crippen molar-refractivity contribution in [1.82, 2.24) is 9.88 Å². The number of nitrogens with one attached hydrogen (secondary N) is 1. The van der Waals surface area contributed by atoms with Gasteiger partial charge in [-0.3, -0.25) is 19.0 Å². The maximum Gasteiger partial charge on any atom is 0.271 e. The zero-order valence-corrected chi connectivity index (χ0v) is 13.4. The van der Waals surface area contributed by atoms with Crippen molar-refractivity contribution in [1.29, 1.82) is 0 Å². The van der Waals surface area contributed by atoms with E-state index in [1.165, 1.54) is 10.6 Å². The number of aromatic nitrogens is 1. The van der Waals surface area contributed by atoms with Crippen LogP contribution in [0.1, 0.15) is 26.4 Å². The van der Waals surface area contributed by atoms with Gasteiger partial charge in [0.25, 0.3) is 11.5 Å². The molecule has 0 saturated carbocycles. The monoisotopic (exact) mass is 378 g/mol. The fraction of sp³-hybridized carbons (Fsp3) is 0.133. The van der Waals surface area contributed by atoms with E-state index in [4.69, 9.17) is 11.6 Å². The summed E-state index contributed by atoms with van der Waals surface area (Å²) < 4.78 is 1.39. The normalized spacial score (nSPS) is 21.9. The SMILES string of the molecule is O=C1NC2(Cc3ccccc3C2=O)n2c1c(Cl)cc(Br)c2=O. The van der Waals surface area contributed by atoms with Gasteiger partial charge in [-0.05, 0) is 27.6 Å². The van der Waals surface area contributed by atoms with Gasteiger partial charge in [-0.15, -0.1) is 0 Å². The molecule has 22 heavy (non-hydrogen) atoms. The van der Waals surface area contributed by atoms with Gasteiger partial charge in [0.15, 0.2) is 5.66 Å². The smallest absolute Gasteiger partial charge is 0.271 e. The molecule has 0 bridgehead atoms. The highest BCUT2D eigenvalue weighted by Crippen LogP contribution is 2.38. The van der Waals surface area contributed by atoms with E-state index in [-0.39, 0.29) is 27.4 Å². The molecule has 2 aliphatic rings. The first kappa shape index (κ1) is 13.7. The molecule has 110 valence electrons. The molecule has 1 aromatic carbocycles. The lowest BCUT2D eigenvalue weighted by atomic mass is 10.1. The number of carbonyl (C=O) groups is 2. The minimum Gasteiger partial charge on any atom is -0.321 e. The Hall–Kier alpha value is -1.92. The van der Waals surface area contributed by atoms with Crippen LogP contribution < -0.4 is 10.9 Å². The highest BCUT2D eigenvalue weighted by atomic mass is 79.9. The van der Waals surface area contributed by atoms with E-state index in [0.29, 0.717) is 5.56 Å². The first-order chi connectivity index (χ1) is 10.5. The number of ketones is 1. The Morgan fingerprint density at radius 1 is 1.23 bits per heavy atom. The third kappa shape index (κ3) is 1.51. The van der Waals surface area contributed by atoms with Crippen molar-refractivity contribution in [2.45, 2.75) is 12.1 Å². The van der Waals surface area contributed by atoms with Gasteiger partial charge in [-0.2, -0.15) is 0 Å². The van der Waals surface area contributed by atoms with Gasteiger partial charge in [0.1, 0.15) is 5.69 Å². The fourth-order valence-electron chi connectivity index (χ4n) is 3.19. The molecule has 1 spiro atoms. The van der Waals surface area contributed by atoms with Crippen LogP contribution in [0.5, 0.6) is 0 Å². The molecule has 1 atom stereocenters. The topological polar surface area (TPSA) is 68.2 Å². The summed E-state index contributed by atoms with van der Waals surface area (Å²) in [6.07, 6.45) is 0.230. The van der Waals surface area contributed by atoms with Gasteiger partial charge in [0.2, 0.25) is 5.78 Å². The highest BCUT2D eigenvalue weighted by Gasteiger charge is 2.54. The van der Waals surface area contributed by atoms with E-state index < -0.39 is 17.1 Å². The van der Waals surface area contributed by atoms with E-state index >= 15 is 0 Å². The van der Waals surface area contributed by atoms with Crippen LogP contribution in [0, 0.1) is 0 Å². The largest absolute Gasteiger partial charge is 0.321 e. The Kier molecular flexibility index (Phi) is 2.68. The van der Waals surface area contributed by atoms with Gasteiger partial charge in [-0.1, -0.05) is 35.9 Å². The van der Waals surface area contributed by atoms with Crippen LogP contribution in [0.4, 0.5) is 0 Å². The molecular formula is C15H8BrClN2O3. The number of pyridine rings is 1. The lowest BCUT2D eigenvalue weighted by molar-refractivity contribution is 0.0753. The third-order valence-electron chi connectivity index (χ3n) is 4.11. The van der Waals surface area contributed by atoms with Gasteiger partial charge < -0.3 is 5.32 Å². The molecule has 7 heteroatoms. The Labute approximate surface area is 138 Å². The van der Waals surface area contributed by atoms with Crippen molar-refractivity contribution >= 4 is 39.2 Å². The Morgan fingerprint density at radius 3 is 2.68 bits per heavy atom. The highest BCUT2D eigenvalue weighted by molar-refractivity contribution is 9.10. The number of hydrogen-bond donors (Lipinski definition) is 1. The summed E-state index contributed by atoms with van der Waals surface area (Å²) >= 11 is 9.24. The average Bonchev–Trinajstić information content (AvgIpc) is 2.93. The van der Waals surface area contributed by atoms with Gasteiger partial charge in [0.05, 0.1) is 9.50 Å². The van der Waals surface area contributed by atoms with Crippen LogP contribution >= 0.6 is 27.5 Å². The first-order valence-corrected chi connectivity index (χ1v) is 7.69. The quantitative estimate of drug-likeness (QED) is 0.762. The Balaban J connectivity index is 2.06. The lowest BCUT2D eigenvalue weighted by Gasteiger charge is -2.24. The van der Waals surface area contributed by atoms with E-state index in [1.807, 2.05) is 12.1 Å². The molecule has 0 fully saturated rings. The molecule has 4 rings (SSSR count). The maximum absolute atomic E-state index is 12.9. The second-order valence-electron chi connectivity index (χ2n) is 5.31. The summed E-state index contributed by atoms with van der Waals surface area (Å²) in [6.45, 7) is 0. The zero-order chi connectivity index (χ0) is 15.6. The summed E-state index contributed by atoms with van der Waals surface area (Å²) in [5, 5.41) is 2.80. The summed E-state index contributed by atoms with van der Waals surface area (Å²) in [4.78, 5) is 37.7. The van der Waals surface area contributed by atoms with Gasteiger partial charge in [0, 0.05) is 12.0 Å². The Morgan fingerprint density at radius 2 is 1.95 bits per heavy atom. The van der Waals surface area contributed by atoms with Crippen LogP contribution in [-0.4, -0.2) is 16.3 Å². The molecule has 2 heterocycles. The van der Waals surface area contributed by atoms with E-state index in [9.17, 15) is 14.4 Å². The molecule has 1 aromatic heterocycles. The van der Waals surface area contributed by atoms with E-state index in [0.717, 1.165) is 5.56 Å². The molecule has 1 aliphatic carbocycles. The summed E-state index contributed by atoms with van der Waals surface area (Å²) in [5.41, 5.74) is -0.544. The standard InChI is InChI=1S/C15H8BrClN2O3/c16-9-5-10(17)11-13(21)18-15(19(11)14(9)22)6-7-3-1-2-4-8(7)12(15)20/h1-5H,6H2,(H,18,21). The van der Waals surface area contributed by atoms with Crippen molar-refractivity contribution in [2.75, 3.05) is 0 Å². The van der Waals surface area contributed by atoms with Crippen LogP contribution in [0.2, 0.25) is 5.02 Å². The zero-order valence-electron chi connectivity index (χ0n) is 11.0. The number of amides is 1. The number of rotatable bonds is 0. The van der Waals surface area contributed by atoms with Gasteiger partial charge >= 0.3 is 0 Å². The second kappa shape index (κ2) is 4.30. The minimum absolute atomic E-state index is 0.0241. The molecule has 0 radical (unpaired) electrons. The molecule has 1 N–H and O–H groups in total. The summed E-state index contributed by atoms with van der Waals surface area (Å²) in [7, 11) is 0. The molecule has 5 nitrogen and oxygen atoms in total. The summed E-state index contributed by atoms with van der Waals surface area (Å²) in [6, 6.07) is 8.46. The number of nitrogens with zero attached hydrogens (tertiary/aromatic N) is 1. The fourth-order valence-corrected chi connectivity index (χ4v) is 4.01. The van der Waals surface area contributed by atoms with Crippen molar-refractivity contribution in [2.24, 2.45) is 0 Å². The molecule has 0 saturated heterocycles. The lowest BCUT2D eigenvalue weighted by Crippen LogP contribution is -2.52. The maximum atomic E-state index is 12.9. The Bertz CT molecular complexity index is 937. The third-order valence-corrected chi connectivity index (χ3v) is 4.97.